The van der Waals surface area contributed by atoms with E-state index < -0.39 is 0 Å². The molecule has 1 N–H and O–H groups in total. The van der Waals surface area contributed by atoms with Crippen molar-refractivity contribution in [3.63, 3.8) is 0 Å². The number of para-hydroxylation sites is 1. The minimum Gasteiger partial charge on any atom is -0.352 e. The molecule has 0 bridgehead atoms. The first-order valence-electron chi connectivity index (χ1n) is 7.97. The number of hydrogen-bond donors (Lipinski definition) is 1. The number of hydrogen-bond acceptors (Lipinski definition) is 2. The molecular weight excluding hydrogens is 397 g/mol. The predicted molar refractivity (Wildman–Crippen MR) is 107 cm³/mol. The zero-order valence-electron chi connectivity index (χ0n) is 13.3. The highest BCUT2D eigenvalue weighted by atomic mass is 79.9. The Labute approximate surface area is 159 Å². The highest BCUT2D eigenvalue weighted by molar-refractivity contribution is 9.10. The number of benzene rings is 3. The van der Waals surface area contributed by atoms with Crippen LogP contribution in [0.25, 0.3) is 5.70 Å². The molecule has 124 valence electrons. The third-order valence-corrected chi connectivity index (χ3v) is 5.73. The average Bonchev–Trinajstić information content (AvgIpc) is 2.64. The molecule has 0 amide bonds. The molecule has 0 radical (unpaired) electrons. The van der Waals surface area contributed by atoms with E-state index >= 15 is 0 Å². The molecule has 25 heavy (non-hydrogen) atoms. The third kappa shape index (κ3) is 3.51. The number of anilines is 1. The molecule has 4 heteroatoms. The number of thioether (sulfide) groups is 1. The third-order valence-electron chi connectivity index (χ3n) is 4.10. The van der Waals surface area contributed by atoms with Crippen LogP contribution in [0.15, 0.2) is 87.1 Å². The molecule has 0 fully saturated rings. The summed E-state index contributed by atoms with van der Waals surface area (Å²) in [7, 11) is 0. The maximum atomic E-state index is 14.3. The van der Waals surface area contributed by atoms with Crippen LogP contribution >= 0.6 is 27.7 Å². The van der Waals surface area contributed by atoms with Crippen LogP contribution in [0, 0.1) is 5.82 Å². The first kappa shape index (κ1) is 16.4. The fourth-order valence-electron chi connectivity index (χ4n) is 2.88. The van der Waals surface area contributed by atoms with Crippen molar-refractivity contribution in [3.8, 4) is 0 Å². The molecule has 1 heterocycles. The Hall–Kier alpha value is -2.04. The molecule has 3 aromatic rings. The van der Waals surface area contributed by atoms with E-state index in [-0.39, 0.29) is 5.82 Å². The largest absolute Gasteiger partial charge is 0.352 e. The Morgan fingerprint density at radius 1 is 0.880 bits per heavy atom. The van der Waals surface area contributed by atoms with Crippen molar-refractivity contribution in [2.24, 2.45) is 0 Å². The molecule has 0 atom stereocenters. The number of allylic oxidation sites excluding steroid dienone is 1. The molecule has 0 spiro atoms. The van der Waals surface area contributed by atoms with Gasteiger partial charge >= 0.3 is 0 Å². The van der Waals surface area contributed by atoms with Crippen molar-refractivity contribution in [2.45, 2.75) is 11.3 Å². The summed E-state index contributed by atoms with van der Waals surface area (Å²) in [4.78, 5) is 2.35. The van der Waals surface area contributed by atoms with Gasteiger partial charge in [0.25, 0.3) is 0 Å². The van der Waals surface area contributed by atoms with E-state index in [9.17, 15) is 4.39 Å². The number of nitrogens with one attached hydrogen (secondary N) is 1. The Morgan fingerprint density at radius 2 is 1.64 bits per heavy atom. The monoisotopic (exact) mass is 411 g/mol. The summed E-state index contributed by atoms with van der Waals surface area (Å²) in [5.41, 5.74) is 3.61. The molecular formula is C21H15BrFNS. The maximum absolute atomic E-state index is 14.3. The second-order valence-corrected chi connectivity index (χ2v) is 7.88. The summed E-state index contributed by atoms with van der Waals surface area (Å²) >= 11 is 5.19. The topological polar surface area (TPSA) is 12.0 Å². The second-order valence-electron chi connectivity index (χ2n) is 5.80. The molecule has 1 nitrogen and oxygen atoms in total. The van der Waals surface area contributed by atoms with Gasteiger partial charge in [-0.2, -0.15) is 0 Å². The van der Waals surface area contributed by atoms with E-state index in [0.717, 1.165) is 26.2 Å². The fraction of sp³-hybridized carbons (Fsp3) is 0.0476. The Morgan fingerprint density at radius 3 is 2.40 bits per heavy atom. The molecule has 1 aliphatic rings. The summed E-state index contributed by atoms with van der Waals surface area (Å²) in [5, 5.41) is 3.34. The van der Waals surface area contributed by atoms with Crippen LogP contribution in [0.4, 0.5) is 10.1 Å². The van der Waals surface area contributed by atoms with E-state index in [1.807, 2.05) is 36.4 Å². The van der Waals surface area contributed by atoms with Crippen LogP contribution in [0.2, 0.25) is 0 Å². The highest BCUT2D eigenvalue weighted by Crippen LogP contribution is 2.41. The minimum absolute atomic E-state index is 0.210. The zero-order valence-corrected chi connectivity index (χ0v) is 15.7. The van der Waals surface area contributed by atoms with Crippen LogP contribution in [-0.4, -0.2) is 0 Å². The van der Waals surface area contributed by atoms with Gasteiger partial charge in [0.2, 0.25) is 0 Å². The van der Waals surface area contributed by atoms with Gasteiger partial charge in [0, 0.05) is 20.7 Å². The Balaban J connectivity index is 1.78. The van der Waals surface area contributed by atoms with Gasteiger partial charge in [-0.3, -0.25) is 0 Å². The number of halogens is 2. The van der Waals surface area contributed by atoms with E-state index in [2.05, 4.69) is 45.5 Å². The predicted octanol–water partition coefficient (Wildman–Crippen LogP) is 6.72. The van der Waals surface area contributed by atoms with Gasteiger partial charge in [0.15, 0.2) is 0 Å². The normalized spacial score (nSPS) is 13.4. The lowest BCUT2D eigenvalue weighted by Gasteiger charge is -2.25. The second kappa shape index (κ2) is 7.06. The lowest BCUT2D eigenvalue weighted by atomic mass is 10.0. The van der Waals surface area contributed by atoms with Crippen LogP contribution in [0.5, 0.6) is 0 Å². The fourth-order valence-corrected chi connectivity index (χ4v) is 4.20. The number of rotatable bonds is 3. The smallest absolute Gasteiger partial charge is 0.146 e. The SMILES string of the molecule is Fc1cccc2c1NC(c1ccccc1)=C(Sc1ccc(Br)cc1)C2. The summed E-state index contributed by atoms with van der Waals surface area (Å²) in [6, 6.07) is 23.6. The molecule has 4 rings (SSSR count). The van der Waals surface area contributed by atoms with Crippen molar-refractivity contribution < 1.29 is 4.39 Å². The van der Waals surface area contributed by atoms with Crippen molar-refractivity contribution in [1.82, 2.24) is 0 Å². The van der Waals surface area contributed by atoms with Gasteiger partial charge in [0.05, 0.1) is 11.4 Å². The molecule has 0 saturated carbocycles. The van der Waals surface area contributed by atoms with Gasteiger partial charge < -0.3 is 5.32 Å². The molecule has 1 aliphatic heterocycles. The first-order valence-corrected chi connectivity index (χ1v) is 9.58. The number of fused-ring (bicyclic) bond motifs is 1. The van der Waals surface area contributed by atoms with Gasteiger partial charge in [-0.15, -0.1) is 0 Å². The van der Waals surface area contributed by atoms with Gasteiger partial charge in [-0.25, -0.2) is 4.39 Å². The van der Waals surface area contributed by atoms with Crippen molar-refractivity contribution in [1.29, 1.82) is 0 Å². The Kier molecular flexibility index (Phi) is 4.64. The van der Waals surface area contributed by atoms with Crippen molar-refractivity contribution >= 4 is 39.1 Å². The quantitative estimate of drug-likeness (QED) is 0.513. The molecule has 3 aromatic carbocycles. The first-order chi connectivity index (χ1) is 12.2. The van der Waals surface area contributed by atoms with Crippen LogP contribution in [-0.2, 0) is 6.42 Å². The molecule has 0 aliphatic carbocycles. The lowest BCUT2D eigenvalue weighted by Crippen LogP contribution is -2.12. The van der Waals surface area contributed by atoms with E-state index in [4.69, 9.17) is 0 Å². The maximum Gasteiger partial charge on any atom is 0.146 e. The van der Waals surface area contributed by atoms with Gasteiger partial charge in [-0.05, 0) is 41.5 Å². The summed E-state index contributed by atoms with van der Waals surface area (Å²) < 4.78 is 15.3. The minimum atomic E-state index is -0.210. The van der Waals surface area contributed by atoms with Crippen molar-refractivity contribution in [3.05, 3.63) is 99.1 Å². The standard InChI is InChI=1S/C21H15BrFNS/c22-16-9-11-17(12-10-16)25-19-13-15-7-4-8-18(23)20(15)24-21(19)14-5-2-1-3-6-14/h1-12,24H,13H2. The highest BCUT2D eigenvalue weighted by Gasteiger charge is 2.22. The lowest BCUT2D eigenvalue weighted by molar-refractivity contribution is 0.630. The van der Waals surface area contributed by atoms with Crippen LogP contribution < -0.4 is 5.32 Å². The summed E-state index contributed by atoms with van der Waals surface area (Å²) in [5.74, 6) is -0.210. The molecule has 0 aromatic heterocycles. The van der Waals surface area contributed by atoms with Crippen LogP contribution in [0.3, 0.4) is 0 Å². The summed E-state index contributed by atoms with van der Waals surface area (Å²) in [6.45, 7) is 0. The van der Waals surface area contributed by atoms with Gasteiger partial charge in [0.1, 0.15) is 5.82 Å². The van der Waals surface area contributed by atoms with E-state index in [1.165, 1.54) is 11.0 Å². The van der Waals surface area contributed by atoms with Crippen molar-refractivity contribution in [2.75, 3.05) is 5.32 Å². The Bertz CT molecular complexity index is 936. The summed E-state index contributed by atoms with van der Waals surface area (Å²) in [6.07, 6.45) is 0.713. The average molecular weight is 412 g/mol. The zero-order chi connectivity index (χ0) is 17.2. The van der Waals surface area contributed by atoms with Gasteiger partial charge in [-0.1, -0.05) is 70.2 Å². The van der Waals surface area contributed by atoms with Crippen LogP contribution in [0.1, 0.15) is 11.1 Å². The van der Waals surface area contributed by atoms with E-state index in [1.54, 1.807) is 17.8 Å². The van der Waals surface area contributed by atoms with E-state index in [0.29, 0.717) is 12.1 Å². The molecule has 0 unspecified atom stereocenters. The molecule has 0 saturated heterocycles.